The number of hydrogen-bond donors (Lipinski definition) is 0. The summed E-state index contributed by atoms with van der Waals surface area (Å²) in [6, 6.07) is 16.0. The molecular formula is C24H23NO3. The van der Waals surface area contributed by atoms with Gasteiger partial charge in [0, 0.05) is 24.6 Å². The van der Waals surface area contributed by atoms with Crippen LogP contribution in [0.15, 0.2) is 54.6 Å². The number of benzene rings is 3. The number of esters is 1. The quantitative estimate of drug-likeness (QED) is 0.375. The van der Waals surface area contributed by atoms with Crippen LogP contribution in [0.5, 0.6) is 0 Å². The number of hydrogen-bond acceptors (Lipinski definition) is 3. The average molecular weight is 373 g/mol. The highest BCUT2D eigenvalue weighted by atomic mass is 16.5. The van der Waals surface area contributed by atoms with Gasteiger partial charge in [0.1, 0.15) is 0 Å². The number of fused-ring (bicyclic) bond motifs is 2. The number of carbonyl (C=O) groups excluding carboxylic acids is 2. The standard InChI is InChI=1S/C24H23NO3/c1-2-28-21(26)13-12-17-9-7-10-19-16-18-8-3-4-11-20(18)23(22(17)19)24(27)25-14-5-6-15-25/h3-4,7-13,16H,2,5-6,14-15H2,1H3/b13-12+. The van der Waals surface area contributed by atoms with Gasteiger partial charge in [-0.25, -0.2) is 4.79 Å². The van der Waals surface area contributed by atoms with Crippen LogP contribution in [-0.2, 0) is 9.53 Å². The van der Waals surface area contributed by atoms with Crippen LogP contribution in [-0.4, -0.2) is 36.5 Å². The van der Waals surface area contributed by atoms with Gasteiger partial charge >= 0.3 is 5.97 Å². The topological polar surface area (TPSA) is 46.6 Å². The predicted octanol–water partition coefficient (Wildman–Crippen LogP) is 4.81. The summed E-state index contributed by atoms with van der Waals surface area (Å²) >= 11 is 0. The van der Waals surface area contributed by atoms with E-state index in [2.05, 4.69) is 6.07 Å². The fourth-order valence-electron chi connectivity index (χ4n) is 3.94. The van der Waals surface area contributed by atoms with Crippen LogP contribution >= 0.6 is 0 Å². The Bertz CT molecular complexity index is 1080. The van der Waals surface area contributed by atoms with E-state index in [0.717, 1.165) is 58.6 Å². The van der Waals surface area contributed by atoms with Crippen molar-refractivity contribution in [2.24, 2.45) is 0 Å². The summed E-state index contributed by atoms with van der Waals surface area (Å²) in [5.74, 6) is -0.316. The molecule has 0 spiro atoms. The number of ether oxygens (including phenoxy) is 1. The van der Waals surface area contributed by atoms with Crippen LogP contribution in [0.1, 0.15) is 35.7 Å². The van der Waals surface area contributed by atoms with Gasteiger partial charge in [0.25, 0.3) is 5.91 Å². The Morgan fingerprint density at radius 3 is 2.57 bits per heavy atom. The van der Waals surface area contributed by atoms with E-state index >= 15 is 0 Å². The lowest BCUT2D eigenvalue weighted by atomic mass is 9.92. The zero-order valence-electron chi connectivity index (χ0n) is 16.0. The maximum absolute atomic E-state index is 13.5. The normalized spacial score (nSPS) is 14.2. The summed E-state index contributed by atoms with van der Waals surface area (Å²) in [6.07, 6.45) is 5.27. The van der Waals surface area contributed by atoms with E-state index in [0.29, 0.717) is 6.61 Å². The smallest absolute Gasteiger partial charge is 0.330 e. The maximum atomic E-state index is 13.5. The van der Waals surface area contributed by atoms with E-state index < -0.39 is 0 Å². The van der Waals surface area contributed by atoms with Gasteiger partial charge in [0.05, 0.1) is 12.2 Å². The number of nitrogens with zero attached hydrogens (tertiary/aromatic N) is 1. The Morgan fingerprint density at radius 2 is 1.79 bits per heavy atom. The van der Waals surface area contributed by atoms with Crippen molar-refractivity contribution in [1.29, 1.82) is 0 Å². The zero-order valence-corrected chi connectivity index (χ0v) is 16.0. The molecule has 4 rings (SSSR count). The van der Waals surface area contributed by atoms with Gasteiger partial charge in [0.2, 0.25) is 0 Å². The highest BCUT2D eigenvalue weighted by Crippen LogP contribution is 2.33. The third-order valence-electron chi connectivity index (χ3n) is 5.21. The van der Waals surface area contributed by atoms with Crippen molar-refractivity contribution in [3.63, 3.8) is 0 Å². The van der Waals surface area contributed by atoms with Gasteiger partial charge in [-0.1, -0.05) is 42.5 Å². The van der Waals surface area contributed by atoms with E-state index in [1.54, 1.807) is 13.0 Å². The first-order valence-corrected chi connectivity index (χ1v) is 9.77. The van der Waals surface area contributed by atoms with Crippen molar-refractivity contribution >= 4 is 39.5 Å². The van der Waals surface area contributed by atoms with Crippen molar-refractivity contribution in [1.82, 2.24) is 4.90 Å². The van der Waals surface area contributed by atoms with E-state index in [9.17, 15) is 9.59 Å². The second kappa shape index (κ2) is 7.85. The first kappa shape index (κ1) is 18.2. The molecule has 4 nitrogen and oxygen atoms in total. The minimum atomic E-state index is -0.382. The minimum absolute atomic E-state index is 0.0660. The lowest BCUT2D eigenvalue weighted by Crippen LogP contribution is -2.28. The Morgan fingerprint density at radius 1 is 1.04 bits per heavy atom. The zero-order chi connectivity index (χ0) is 19.5. The van der Waals surface area contributed by atoms with Crippen molar-refractivity contribution in [3.05, 3.63) is 65.7 Å². The summed E-state index contributed by atoms with van der Waals surface area (Å²) < 4.78 is 5.00. The highest BCUT2D eigenvalue weighted by Gasteiger charge is 2.24. The van der Waals surface area contributed by atoms with Crippen molar-refractivity contribution in [2.45, 2.75) is 19.8 Å². The van der Waals surface area contributed by atoms with Gasteiger partial charge in [-0.3, -0.25) is 4.79 Å². The Labute approximate surface area is 164 Å². The molecule has 0 aliphatic carbocycles. The molecule has 0 N–H and O–H groups in total. The third-order valence-corrected chi connectivity index (χ3v) is 5.21. The largest absolute Gasteiger partial charge is 0.463 e. The third kappa shape index (κ3) is 3.38. The van der Waals surface area contributed by atoms with E-state index in [1.165, 1.54) is 6.08 Å². The van der Waals surface area contributed by atoms with E-state index in [4.69, 9.17) is 4.74 Å². The van der Waals surface area contributed by atoms with Crippen LogP contribution in [0.2, 0.25) is 0 Å². The average Bonchev–Trinajstić information content (AvgIpc) is 3.25. The monoisotopic (exact) mass is 373 g/mol. The molecule has 1 amide bonds. The van der Waals surface area contributed by atoms with Crippen LogP contribution in [0.3, 0.4) is 0 Å². The molecule has 0 bridgehead atoms. The fraction of sp³-hybridized carbons (Fsp3) is 0.250. The Balaban J connectivity index is 1.95. The van der Waals surface area contributed by atoms with Gasteiger partial charge < -0.3 is 9.64 Å². The summed E-state index contributed by atoms with van der Waals surface area (Å²) in [4.78, 5) is 27.2. The summed E-state index contributed by atoms with van der Waals surface area (Å²) in [7, 11) is 0. The molecule has 3 aromatic carbocycles. The molecule has 0 saturated carbocycles. The summed E-state index contributed by atoms with van der Waals surface area (Å²) in [5.41, 5.74) is 1.57. The first-order valence-electron chi connectivity index (χ1n) is 9.77. The molecule has 28 heavy (non-hydrogen) atoms. The lowest BCUT2D eigenvalue weighted by molar-refractivity contribution is -0.137. The number of likely N-dealkylation sites (tertiary alicyclic amines) is 1. The number of carbonyl (C=O) groups is 2. The molecule has 0 aromatic heterocycles. The molecule has 0 unspecified atom stereocenters. The molecule has 0 radical (unpaired) electrons. The Hall–Kier alpha value is -3.14. The molecule has 0 atom stereocenters. The predicted molar refractivity (Wildman–Crippen MR) is 112 cm³/mol. The SMILES string of the molecule is CCOC(=O)/C=C/c1cccc2cc3ccccc3c(C(=O)N3CCCC3)c12. The van der Waals surface area contributed by atoms with Crippen LogP contribution < -0.4 is 0 Å². The van der Waals surface area contributed by atoms with Crippen LogP contribution in [0, 0.1) is 0 Å². The molecule has 4 heteroatoms. The lowest BCUT2D eigenvalue weighted by Gasteiger charge is -2.19. The van der Waals surface area contributed by atoms with Crippen molar-refractivity contribution in [3.8, 4) is 0 Å². The molecule has 1 fully saturated rings. The molecule has 1 heterocycles. The van der Waals surface area contributed by atoms with E-state index in [-0.39, 0.29) is 11.9 Å². The molecule has 1 aliphatic rings. The van der Waals surface area contributed by atoms with Crippen molar-refractivity contribution < 1.29 is 14.3 Å². The molecule has 1 saturated heterocycles. The minimum Gasteiger partial charge on any atom is -0.463 e. The van der Waals surface area contributed by atoms with Gasteiger partial charge in [-0.2, -0.15) is 0 Å². The number of amides is 1. The van der Waals surface area contributed by atoms with Crippen LogP contribution in [0.25, 0.3) is 27.6 Å². The Kier molecular flexibility index (Phi) is 5.11. The number of rotatable bonds is 4. The summed E-state index contributed by atoms with van der Waals surface area (Å²) in [5, 5.41) is 3.87. The second-order valence-corrected chi connectivity index (χ2v) is 7.00. The van der Waals surface area contributed by atoms with E-state index in [1.807, 2.05) is 47.4 Å². The van der Waals surface area contributed by atoms with Crippen LogP contribution in [0.4, 0.5) is 0 Å². The van der Waals surface area contributed by atoms with Crippen molar-refractivity contribution in [2.75, 3.05) is 19.7 Å². The molecular weight excluding hydrogens is 350 g/mol. The van der Waals surface area contributed by atoms with Gasteiger partial charge in [0.15, 0.2) is 0 Å². The molecule has 142 valence electrons. The fourth-order valence-corrected chi connectivity index (χ4v) is 3.94. The highest BCUT2D eigenvalue weighted by molar-refractivity contribution is 6.20. The molecule has 1 aliphatic heterocycles. The first-order chi connectivity index (χ1) is 13.7. The van der Waals surface area contributed by atoms with Gasteiger partial charge in [-0.05, 0) is 53.6 Å². The van der Waals surface area contributed by atoms with Gasteiger partial charge in [-0.15, -0.1) is 0 Å². The second-order valence-electron chi connectivity index (χ2n) is 7.00. The summed E-state index contributed by atoms with van der Waals surface area (Å²) in [6.45, 7) is 3.71. The maximum Gasteiger partial charge on any atom is 0.330 e. The molecule has 3 aromatic rings.